The molecule has 11 heteroatoms. The molecule has 0 radical (unpaired) electrons. The monoisotopic (exact) mass is 783 g/mol. The van der Waals surface area contributed by atoms with Crippen LogP contribution in [-0.4, -0.2) is 75.5 Å². The predicted octanol–water partition coefficient (Wildman–Crippen LogP) is 6.84. The van der Waals surface area contributed by atoms with E-state index in [1.165, 1.54) is 11.1 Å². The maximum absolute atomic E-state index is 14.6. The molecule has 2 fully saturated rings. The van der Waals surface area contributed by atoms with E-state index < -0.39 is 17.1 Å². The topological polar surface area (TPSA) is 127 Å². The van der Waals surface area contributed by atoms with Gasteiger partial charge in [0.05, 0.1) is 30.6 Å². The molecule has 3 atom stereocenters. The zero-order chi connectivity index (χ0) is 40.9. The lowest BCUT2D eigenvalue weighted by atomic mass is 9.82. The van der Waals surface area contributed by atoms with Gasteiger partial charge in [-0.2, -0.15) is 0 Å². The molecule has 58 heavy (non-hydrogen) atoms. The van der Waals surface area contributed by atoms with Gasteiger partial charge in [-0.15, -0.1) is 5.10 Å². The highest BCUT2D eigenvalue weighted by Crippen LogP contribution is 2.48. The molecule has 4 aromatic rings. The quantitative estimate of drug-likeness (QED) is 0.112. The number of hydrogen-bond donors (Lipinski definition) is 3. The van der Waals surface area contributed by atoms with Gasteiger partial charge in [0, 0.05) is 42.1 Å². The van der Waals surface area contributed by atoms with Gasteiger partial charge in [-0.1, -0.05) is 96.1 Å². The Bertz CT molecular complexity index is 2150. The van der Waals surface area contributed by atoms with Crippen molar-refractivity contribution in [2.75, 3.05) is 47.6 Å². The van der Waals surface area contributed by atoms with Gasteiger partial charge < -0.3 is 25.3 Å². The summed E-state index contributed by atoms with van der Waals surface area (Å²) in [6.07, 6.45) is 13.8. The lowest BCUT2D eigenvalue weighted by Crippen LogP contribution is -2.55. The summed E-state index contributed by atoms with van der Waals surface area (Å²) in [6, 6.07) is 25.5. The van der Waals surface area contributed by atoms with Crippen LogP contribution in [0.4, 0.5) is 17.1 Å². The fraction of sp³-hybridized carbons (Fsp3) is 0.404. The highest BCUT2D eigenvalue weighted by atomic mass is 16.3. The molecule has 0 aliphatic carbocycles. The standard InChI is InChI=1S/C47H57N7O4/c1-34(2)14-13-15-35(3)23-29-52-43-22-21-39(53-33-54(38-19-9-6-10-20-38)46(44(53)56)24-26-48-27-25-46)30-41(43)47(58,45(52)57)36(4)16-11-12-28-51-31-42(49-50-51)40(32-55)37-17-7-5-8-18-37/h5-11,14,16-23,30-31,36,40,48,55,58H,12-13,15,24-29,32-33H2,1-4H3/b16-11+,35-23+/t36-,40?,47+/m0/s1. The first-order valence-corrected chi connectivity index (χ1v) is 20.6. The van der Waals surface area contributed by atoms with Crippen molar-refractivity contribution in [1.82, 2.24) is 20.3 Å². The van der Waals surface area contributed by atoms with Gasteiger partial charge >= 0.3 is 0 Å². The van der Waals surface area contributed by atoms with Gasteiger partial charge in [-0.3, -0.25) is 19.2 Å². The molecule has 0 bridgehead atoms. The first-order valence-electron chi connectivity index (χ1n) is 20.6. The summed E-state index contributed by atoms with van der Waals surface area (Å²) in [7, 11) is 0. The molecule has 1 aromatic heterocycles. The van der Waals surface area contributed by atoms with Crippen LogP contribution in [0.5, 0.6) is 0 Å². The molecule has 3 aliphatic heterocycles. The van der Waals surface area contributed by atoms with Crippen LogP contribution in [0.3, 0.4) is 0 Å². The Morgan fingerprint density at radius 1 is 0.914 bits per heavy atom. The number of allylic oxidation sites excluding steroid dienone is 4. The molecule has 3 aliphatic rings. The number of nitrogens with zero attached hydrogens (tertiary/aromatic N) is 6. The molecule has 2 amide bonds. The van der Waals surface area contributed by atoms with Crippen LogP contribution >= 0.6 is 0 Å². The molecule has 1 unspecified atom stereocenters. The lowest BCUT2D eigenvalue weighted by molar-refractivity contribution is -0.139. The summed E-state index contributed by atoms with van der Waals surface area (Å²) in [4.78, 5) is 34.9. The van der Waals surface area contributed by atoms with Gasteiger partial charge in [-0.25, -0.2) is 0 Å². The Labute approximate surface area is 342 Å². The zero-order valence-electron chi connectivity index (χ0n) is 34.2. The van der Waals surface area contributed by atoms with Crippen molar-refractivity contribution in [3.63, 3.8) is 0 Å². The maximum Gasteiger partial charge on any atom is 0.264 e. The Balaban J connectivity index is 1.15. The molecule has 304 valence electrons. The van der Waals surface area contributed by atoms with E-state index in [0.29, 0.717) is 61.7 Å². The summed E-state index contributed by atoms with van der Waals surface area (Å²) >= 11 is 0. The fourth-order valence-electron chi connectivity index (χ4n) is 8.67. The predicted molar refractivity (Wildman–Crippen MR) is 230 cm³/mol. The third kappa shape index (κ3) is 8.03. The number of aromatic nitrogens is 3. The normalized spacial score (nSPS) is 20.3. The number of nitrogens with one attached hydrogen (secondary N) is 1. The summed E-state index contributed by atoms with van der Waals surface area (Å²) in [6.45, 7) is 10.8. The highest BCUT2D eigenvalue weighted by molar-refractivity contribution is 6.10. The Hall–Kier alpha value is -5.36. The number of aliphatic hydroxyl groups excluding tert-OH is 1. The van der Waals surface area contributed by atoms with Crippen LogP contribution < -0.4 is 20.0 Å². The zero-order valence-corrected chi connectivity index (χ0v) is 34.2. The van der Waals surface area contributed by atoms with Crippen molar-refractivity contribution in [3.05, 3.63) is 137 Å². The van der Waals surface area contributed by atoms with Crippen molar-refractivity contribution in [2.45, 2.75) is 83.4 Å². The minimum Gasteiger partial charge on any atom is -0.395 e. The molecule has 3 N–H and O–H groups in total. The Morgan fingerprint density at radius 3 is 2.34 bits per heavy atom. The van der Waals surface area contributed by atoms with E-state index in [2.05, 4.69) is 65.6 Å². The average molecular weight is 784 g/mol. The molecule has 11 nitrogen and oxygen atoms in total. The second-order valence-electron chi connectivity index (χ2n) is 16.2. The first kappa shape index (κ1) is 40.8. The van der Waals surface area contributed by atoms with Gasteiger partial charge in [-0.05, 0) is 102 Å². The number of carbonyl (C=O) groups is 2. The van der Waals surface area contributed by atoms with Crippen molar-refractivity contribution < 1.29 is 19.8 Å². The second kappa shape index (κ2) is 17.6. The number of aliphatic hydroxyl groups is 2. The van der Waals surface area contributed by atoms with E-state index in [1.807, 2.05) is 96.9 Å². The molecular formula is C47H57N7O4. The van der Waals surface area contributed by atoms with Gasteiger partial charge in [0.25, 0.3) is 11.8 Å². The number of fused-ring (bicyclic) bond motifs is 1. The number of para-hydroxylation sites is 1. The van der Waals surface area contributed by atoms with Crippen molar-refractivity contribution in [3.8, 4) is 0 Å². The molecule has 0 saturated carbocycles. The number of amides is 2. The average Bonchev–Trinajstić information content (AvgIpc) is 3.88. The highest BCUT2D eigenvalue weighted by Gasteiger charge is 2.55. The van der Waals surface area contributed by atoms with E-state index >= 15 is 0 Å². The van der Waals surface area contributed by atoms with E-state index in [-0.39, 0.29) is 24.3 Å². The minimum atomic E-state index is -1.86. The number of carbonyl (C=O) groups excluding carboxylic acids is 2. The van der Waals surface area contributed by atoms with E-state index in [9.17, 15) is 19.8 Å². The molecule has 4 heterocycles. The van der Waals surface area contributed by atoms with Gasteiger partial charge in [0.1, 0.15) is 5.54 Å². The largest absolute Gasteiger partial charge is 0.395 e. The lowest BCUT2D eigenvalue weighted by Gasteiger charge is -2.39. The summed E-state index contributed by atoms with van der Waals surface area (Å²) in [5, 5.41) is 34.9. The van der Waals surface area contributed by atoms with Crippen molar-refractivity contribution in [2.24, 2.45) is 5.92 Å². The molecule has 7 rings (SSSR count). The van der Waals surface area contributed by atoms with E-state index in [4.69, 9.17) is 0 Å². The maximum atomic E-state index is 14.6. The molecule has 1 spiro atoms. The number of rotatable bonds is 15. The summed E-state index contributed by atoms with van der Waals surface area (Å²) < 4.78 is 1.75. The minimum absolute atomic E-state index is 0.0377. The fourth-order valence-corrected chi connectivity index (χ4v) is 8.67. The van der Waals surface area contributed by atoms with Gasteiger partial charge in [0.15, 0.2) is 5.60 Å². The number of piperidine rings is 1. The Kier molecular flexibility index (Phi) is 12.4. The van der Waals surface area contributed by atoms with Gasteiger partial charge in [0.2, 0.25) is 0 Å². The number of benzene rings is 3. The SMILES string of the molecule is CC(C)=CCC/C(C)=C/CN1C(=O)[C@@](O)([C@@H](C)/C=C/CCn2cc(C(CO)c3ccccc3)nn2)c2cc(N3CN(c4ccccc4)C4(CCNCC4)C3=O)ccc21. The molecular weight excluding hydrogens is 727 g/mol. The molecule has 2 saturated heterocycles. The third-order valence-electron chi connectivity index (χ3n) is 12.1. The van der Waals surface area contributed by atoms with Crippen molar-refractivity contribution in [1.29, 1.82) is 0 Å². The van der Waals surface area contributed by atoms with E-state index in [1.54, 1.807) is 9.58 Å². The third-order valence-corrected chi connectivity index (χ3v) is 12.1. The number of hydrogen-bond acceptors (Lipinski definition) is 8. The van der Waals surface area contributed by atoms with Crippen LogP contribution in [0.15, 0.2) is 121 Å². The second-order valence-corrected chi connectivity index (χ2v) is 16.2. The van der Waals surface area contributed by atoms with Crippen molar-refractivity contribution >= 4 is 28.9 Å². The van der Waals surface area contributed by atoms with E-state index in [0.717, 1.165) is 37.2 Å². The van der Waals surface area contributed by atoms with Crippen LogP contribution in [0.1, 0.15) is 82.5 Å². The first-order chi connectivity index (χ1) is 28.1. The number of aryl methyl sites for hydroxylation is 1. The van der Waals surface area contributed by atoms with Crippen LogP contribution in [0.2, 0.25) is 0 Å². The summed E-state index contributed by atoms with van der Waals surface area (Å²) in [5.41, 5.74) is 4.40. The molecule has 3 aromatic carbocycles. The summed E-state index contributed by atoms with van der Waals surface area (Å²) in [5.74, 6) is -1.19. The Morgan fingerprint density at radius 2 is 1.64 bits per heavy atom. The van der Waals surface area contributed by atoms with Crippen LogP contribution in [-0.2, 0) is 21.7 Å². The van der Waals surface area contributed by atoms with Crippen LogP contribution in [0, 0.1) is 5.92 Å². The smallest absolute Gasteiger partial charge is 0.264 e. The number of anilines is 3. The van der Waals surface area contributed by atoms with Crippen LogP contribution in [0.25, 0.3) is 0 Å².